The predicted molar refractivity (Wildman–Crippen MR) is 119 cm³/mol. The molecule has 3 aliphatic heterocycles. The molecular formula is C20H27ClN8O2. The third-order valence-corrected chi connectivity index (χ3v) is 6.34. The van der Waals surface area contributed by atoms with Crippen LogP contribution in [0, 0.1) is 0 Å². The molecule has 2 N–H and O–H groups in total. The first kappa shape index (κ1) is 21.5. The number of ether oxygens (including phenoxy) is 1. The van der Waals surface area contributed by atoms with Gasteiger partial charge in [0.2, 0.25) is 18.3 Å². The number of likely N-dealkylation sites (tertiary alicyclic amines) is 1. The molecule has 166 valence electrons. The predicted octanol–water partition coefficient (Wildman–Crippen LogP) is 0.758. The molecule has 0 bridgehead atoms. The maximum absolute atomic E-state index is 11.3. The number of hydrogen-bond acceptors (Lipinski definition) is 9. The van der Waals surface area contributed by atoms with E-state index < -0.39 is 0 Å². The van der Waals surface area contributed by atoms with Gasteiger partial charge in [0.05, 0.1) is 24.4 Å². The van der Waals surface area contributed by atoms with Crippen molar-refractivity contribution < 1.29 is 9.53 Å². The molecule has 0 saturated carbocycles. The molecule has 2 aromatic rings. The topological polar surface area (TPSA) is 114 Å². The lowest BCUT2D eigenvalue weighted by atomic mass is 9.99. The summed E-state index contributed by atoms with van der Waals surface area (Å²) < 4.78 is 5.50. The molecule has 5 rings (SSSR count). The van der Waals surface area contributed by atoms with Crippen LogP contribution in [0.1, 0.15) is 18.9 Å². The van der Waals surface area contributed by atoms with Crippen molar-refractivity contribution in [3.05, 3.63) is 18.0 Å². The van der Waals surface area contributed by atoms with Gasteiger partial charge in [-0.05, 0) is 19.8 Å². The highest BCUT2D eigenvalue weighted by Crippen LogP contribution is 2.41. The third kappa shape index (κ3) is 3.85. The van der Waals surface area contributed by atoms with Crippen LogP contribution in [0.2, 0.25) is 0 Å². The Balaban J connectivity index is 0.00000231. The second-order valence-corrected chi connectivity index (χ2v) is 8.33. The van der Waals surface area contributed by atoms with Crippen LogP contribution in [0.4, 0.5) is 17.7 Å². The van der Waals surface area contributed by atoms with Gasteiger partial charge < -0.3 is 25.2 Å². The van der Waals surface area contributed by atoms with Gasteiger partial charge in [0.1, 0.15) is 5.82 Å². The number of nitrogen functional groups attached to an aromatic ring is 1. The van der Waals surface area contributed by atoms with E-state index in [9.17, 15) is 4.79 Å². The van der Waals surface area contributed by atoms with Crippen LogP contribution < -0.4 is 15.5 Å². The van der Waals surface area contributed by atoms with E-state index in [-0.39, 0.29) is 23.9 Å². The molecule has 2 aromatic heterocycles. The molecule has 0 radical (unpaired) electrons. The highest BCUT2D eigenvalue weighted by Gasteiger charge is 2.43. The molecule has 1 amide bonds. The number of nitrogens with zero attached hydrogens (tertiary/aromatic N) is 7. The van der Waals surface area contributed by atoms with Crippen molar-refractivity contribution in [2.24, 2.45) is 0 Å². The first-order valence-electron chi connectivity index (χ1n) is 10.4. The number of halogens is 1. The van der Waals surface area contributed by atoms with Crippen LogP contribution in [0.25, 0.3) is 11.3 Å². The van der Waals surface area contributed by atoms with Crippen molar-refractivity contribution in [1.82, 2.24) is 24.8 Å². The highest BCUT2D eigenvalue weighted by molar-refractivity contribution is 5.85. The molecule has 0 aromatic carbocycles. The molecule has 0 aliphatic carbocycles. The number of carbonyl (C=O) groups is 1. The van der Waals surface area contributed by atoms with E-state index in [1.807, 2.05) is 4.90 Å². The lowest BCUT2D eigenvalue weighted by Gasteiger charge is -2.37. The lowest BCUT2D eigenvalue weighted by Crippen LogP contribution is -2.48. The third-order valence-electron chi connectivity index (χ3n) is 6.34. The monoisotopic (exact) mass is 446 g/mol. The fourth-order valence-corrected chi connectivity index (χ4v) is 4.66. The van der Waals surface area contributed by atoms with E-state index in [0.29, 0.717) is 25.7 Å². The summed E-state index contributed by atoms with van der Waals surface area (Å²) in [5, 5.41) is 0. The number of nitrogens with two attached hydrogens (primary N) is 1. The first-order valence-corrected chi connectivity index (χ1v) is 10.4. The Morgan fingerprint density at radius 2 is 1.87 bits per heavy atom. The minimum atomic E-state index is -0.141. The van der Waals surface area contributed by atoms with Gasteiger partial charge in [-0.25, -0.2) is 15.0 Å². The fourth-order valence-electron chi connectivity index (χ4n) is 4.66. The molecule has 0 spiro atoms. The maximum atomic E-state index is 11.3. The smallest absolute Gasteiger partial charge is 0.228 e. The Morgan fingerprint density at radius 3 is 2.55 bits per heavy atom. The average Bonchev–Trinajstić information content (AvgIpc) is 3.39. The van der Waals surface area contributed by atoms with Gasteiger partial charge in [-0.15, -0.1) is 12.4 Å². The summed E-state index contributed by atoms with van der Waals surface area (Å²) in [6, 6.07) is 0. The summed E-state index contributed by atoms with van der Waals surface area (Å²) in [4.78, 5) is 36.0. The maximum Gasteiger partial charge on any atom is 0.228 e. The van der Waals surface area contributed by atoms with E-state index in [1.165, 1.54) is 0 Å². The van der Waals surface area contributed by atoms with Gasteiger partial charge in [0.25, 0.3) is 0 Å². The molecular weight excluding hydrogens is 420 g/mol. The number of hydrogen-bond donors (Lipinski definition) is 1. The number of carbonyl (C=O) groups excluding carboxylic acids is 1. The molecule has 5 heterocycles. The van der Waals surface area contributed by atoms with Gasteiger partial charge in [0, 0.05) is 56.2 Å². The number of aromatic nitrogens is 4. The van der Waals surface area contributed by atoms with Gasteiger partial charge in [0.15, 0.2) is 0 Å². The summed E-state index contributed by atoms with van der Waals surface area (Å²) >= 11 is 0. The van der Waals surface area contributed by atoms with E-state index >= 15 is 0 Å². The van der Waals surface area contributed by atoms with E-state index in [1.54, 1.807) is 12.4 Å². The van der Waals surface area contributed by atoms with Gasteiger partial charge in [-0.2, -0.15) is 4.98 Å². The van der Waals surface area contributed by atoms with Crippen molar-refractivity contribution in [2.75, 3.05) is 61.5 Å². The first-order chi connectivity index (χ1) is 14.6. The molecule has 31 heavy (non-hydrogen) atoms. The fraction of sp³-hybridized carbons (Fsp3) is 0.550. The van der Waals surface area contributed by atoms with Crippen molar-refractivity contribution in [3.63, 3.8) is 0 Å². The number of fused-ring (bicyclic) bond motifs is 1. The quantitative estimate of drug-likeness (QED) is 0.679. The lowest BCUT2D eigenvalue weighted by molar-refractivity contribution is -0.117. The average molecular weight is 447 g/mol. The van der Waals surface area contributed by atoms with Crippen molar-refractivity contribution in [3.8, 4) is 11.3 Å². The number of anilines is 3. The van der Waals surface area contributed by atoms with Crippen LogP contribution >= 0.6 is 12.4 Å². The largest absolute Gasteiger partial charge is 0.378 e. The van der Waals surface area contributed by atoms with E-state index in [0.717, 1.165) is 68.1 Å². The van der Waals surface area contributed by atoms with Crippen LogP contribution in [0.3, 0.4) is 0 Å². The number of morpholine rings is 1. The van der Waals surface area contributed by atoms with Crippen LogP contribution in [0.15, 0.2) is 12.4 Å². The van der Waals surface area contributed by atoms with Gasteiger partial charge >= 0.3 is 0 Å². The Bertz CT molecular complexity index is 953. The van der Waals surface area contributed by atoms with Crippen LogP contribution in [0.5, 0.6) is 0 Å². The molecule has 10 nitrogen and oxygen atoms in total. The normalized spacial score (nSPS) is 22.9. The van der Waals surface area contributed by atoms with Gasteiger partial charge in [-0.1, -0.05) is 0 Å². The zero-order valence-corrected chi connectivity index (χ0v) is 18.3. The summed E-state index contributed by atoms with van der Waals surface area (Å²) in [6.07, 6.45) is 6.15. The minimum Gasteiger partial charge on any atom is -0.378 e. The second-order valence-electron chi connectivity index (χ2n) is 8.33. The summed E-state index contributed by atoms with van der Waals surface area (Å²) in [6.45, 7) is 7.38. The summed E-state index contributed by atoms with van der Waals surface area (Å²) in [5.74, 6) is 1.89. The Hall–Kier alpha value is -2.72. The number of rotatable bonds is 4. The summed E-state index contributed by atoms with van der Waals surface area (Å²) in [7, 11) is 0. The molecule has 3 aliphatic rings. The standard InChI is InChI=1S/C20H26N8O2.ClH/c1-20(3-5-26(12-20)13-29)28-4-2-15-16(14-10-22-18(21)23-11-14)24-19(25-17(15)28)27-6-8-30-9-7-27;/h10-11,13H,2-9,12H2,1H3,(H2,21,22,23);1H/t20-;/m0./s1. The van der Waals surface area contributed by atoms with Crippen LogP contribution in [-0.2, 0) is 16.0 Å². The van der Waals surface area contributed by atoms with E-state index in [2.05, 4.69) is 26.7 Å². The second kappa shape index (κ2) is 8.43. The molecule has 2 fully saturated rings. The number of amides is 1. The van der Waals surface area contributed by atoms with E-state index in [4.69, 9.17) is 20.4 Å². The Morgan fingerprint density at radius 1 is 1.13 bits per heavy atom. The van der Waals surface area contributed by atoms with Crippen LogP contribution in [-0.4, -0.2) is 82.7 Å². The zero-order valence-electron chi connectivity index (χ0n) is 17.5. The van der Waals surface area contributed by atoms with Crippen molar-refractivity contribution >= 4 is 36.5 Å². The van der Waals surface area contributed by atoms with Crippen molar-refractivity contribution in [1.29, 1.82) is 0 Å². The van der Waals surface area contributed by atoms with Crippen molar-refractivity contribution in [2.45, 2.75) is 25.3 Å². The summed E-state index contributed by atoms with van der Waals surface area (Å²) in [5.41, 5.74) is 8.35. The molecule has 2 saturated heterocycles. The Kier molecular flexibility index (Phi) is 5.85. The SMILES string of the molecule is C[C@]1(N2CCc3c(-c4cnc(N)nc4)nc(N4CCOCC4)nc32)CCN(C=O)C1.Cl. The zero-order chi connectivity index (χ0) is 20.7. The van der Waals surface area contributed by atoms with Gasteiger partial charge in [-0.3, -0.25) is 4.79 Å². The molecule has 1 atom stereocenters. The highest BCUT2D eigenvalue weighted by atomic mass is 35.5. The Labute approximate surface area is 187 Å². The molecule has 11 heteroatoms. The minimum absolute atomic E-state index is 0. The molecule has 0 unspecified atom stereocenters.